The minimum Gasteiger partial charge on any atom is -0.507 e. The maximum absolute atomic E-state index is 13.5. The van der Waals surface area contributed by atoms with Crippen LogP contribution in [0, 0.1) is 12.8 Å². The topological polar surface area (TPSA) is 79.3 Å². The van der Waals surface area contributed by atoms with E-state index in [2.05, 4.69) is 13.8 Å². The van der Waals surface area contributed by atoms with Gasteiger partial charge in [0.15, 0.2) is 0 Å². The third-order valence-electron chi connectivity index (χ3n) is 6.73. The second-order valence-corrected chi connectivity index (χ2v) is 10.8. The Morgan fingerprint density at radius 1 is 0.950 bits per heavy atom. The molecule has 0 radical (unpaired) electrons. The van der Waals surface area contributed by atoms with Crippen LogP contribution in [-0.4, -0.2) is 60.4 Å². The third-order valence-corrected chi connectivity index (χ3v) is 6.73. The number of hydrogen-bond donors (Lipinski definition) is 1. The van der Waals surface area contributed by atoms with E-state index < -0.39 is 17.7 Å². The predicted octanol–water partition coefficient (Wildman–Crippen LogP) is 6.20. The maximum Gasteiger partial charge on any atom is 0.295 e. The number of hydrogen-bond acceptors (Lipinski definition) is 6. The van der Waals surface area contributed by atoms with Crippen LogP contribution in [0.2, 0.25) is 0 Å². The van der Waals surface area contributed by atoms with Crippen LogP contribution in [0.3, 0.4) is 0 Å². The molecule has 1 amide bonds. The molecule has 3 aromatic rings. The van der Waals surface area contributed by atoms with Gasteiger partial charge in [-0.15, -0.1) is 0 Å². The summed E-state index contributed by atoms with van der Waals surface area (Å²) in [4.78, 5) is 30.4. The molecule has 4 rings (SSSR count). The molecule has 0 spiro atoms. The summed E-state index contributed by atoms with van der Waals surface area (Å²) in [7, 11) is 3.93. The largest absolute Gasteiger partial charge is 0.507 e. The number of likely N-dealkylation sites (tertiary alicyclic amines) is 1. The van der Waals surface area contributed by atoms with E-state index in [-0.39, 0.29) is 11.3 Å². The van der Waals surface area contributed by atoms with E-state index in [9.17, 15) is 14.7 Å². The lowest BCUT2D eigenvalue weighted by Crippen LogP contribution is -2.32. The number of carbonyl (C=O) groups is 2. The zero-order valence-corrected chi connectivity index (χ0v) is 23.9. The lowest BCUT2D eigenvalue weighted by Gasteiger charge is -2.26. The van der Waals surface area contributed by atoms with E-state index >= 15 is 0 Å². The molecule has 3 aromatic carbocycles. The molecule has 0 saturated carbocycles. The minimum absolute atomic E-state index is 0.0747. The Kier molecular flexibility index (Phi) is 9.27. The molecule has 1 N–H and O–H groups in total. The molecule has 1 aliphatic rings. The molecule has 40 heavy (non-hydrogen) atoms. The van der Waals surface area contributed by atoms with Crippen molar-refractivity contribution in [3.8, 4) is 17.2 Å². The van der Waals surface area contributed by atoms with Crippen molar-refractivity contribution < 1.29 is 24.2 Å². The molecule has 1 aliphatic heterocycles. The third kappa shape index (κ3) is 6.72. The van der Waals surface area contributed by atoms with Gasteiger partial charge in [0.25, 0.3) is 11.7 Å². The molecule has 0 aliphatic carbocycles. The van der Waals surface area contributed by atoms with E-state index in [1.165, 1.54) is 0 Å². The fourth-order valence-electron chi connectivity index (χ4n) is 4.79. The van der Waals surface area contributed by atoms with Crippen molar-refractivity contribution in [1.82, 2.24) is 9.80 Å². The van der Waals surface area contributed by atoms with Crippen LogP contribution >= 0.6 is 0 Å². The highest BCUT2D eigenvalue weighted by Crippen LogP contribution is 2.41. The molecule has 7 nitrogen and oxygen atoms in total. The summed E-state index contributed by atoms with van der Waals surface area (Å²) in [5.74, 6) is 0.810. The monoisotopic (exact) mass is 542 g/mol. The number of amides is 1. The van der Waals surface area contributed by atoms with Gasteiger partial charge in [-0.25, -0.2) is 0 Å². The Hall–Kier alpha value is -4.10. The van der Waals surface area contributed by atoms with Crippen molar-refractivity contribution >= 4 is 17.4 Å². The molecule has 0 bridgehead atoms. The minimum atomic E-state index is -0.752. The maximum atomic E-state index is 13.5. The summed E-state index contributed by atoms with van der Waals surface area (Å²) in [6.07, 6.45) is 0.678. The first-order valence-electron chi connectivity index (χ1n) is 13.7. The van der Waals surface area contributed by atoms with Crippen molar-refractivity contribution in [2.45, 2.75) is 33.2 Å². The lowest BCUT2D eigenvalue weighted by molar-refractivity contribution is -0.139. The van der Waals surface area contributed by atoms with Crippen molar-refractivity contribution in [3.63, 3.8) is 0 Å². The highest BCUT2D eigenvalue weighted by Gasteiger charge is 2.46. The Morgan fingerprint density at radius 2 is 1.68 bits per heavy atom. The highest BCUT2D eigenvalue weighted by molar-refractivity contribution is 6.46. The van der Waals surface area contributed by atoms with Crippen LogP contribution in [-0.2, 0) is 9.59 Å². The van der Waals surface area contributed by atoms with E-state index in [1.54, 1.807) is 17.0 Å². The first kappa shape index (κ1) is 28.9. The summed E-state index contributed by atoms with van der Waals surface area (Å²) in [6, 6.07) is 21.4. The number of rotatable bonds is 11. The fourth-order valence-corrected chi connectivity index (χ4v) is 4.79. The number of nitrogens with zero attached hydrogens (tertiary/aromatic N) is 2. The van der Waals surface area contributed by atoms with E-state index in [0.717, 1.165) is 12.1 Å². The lowest BCUT2D eigenvalue weighted by atomic mass is 9.93. The zero-order valence-electron chi connectivity index (χ0n) is 23.9. The van der Waals surface area contributed by atoms with Crippen LogP contribution in [0.15, 0.2) is 78.4 Å². The second-order valence-electron chi connectivity index (χ2n) is 10.8. The summed E-state index contributed by atoms with van der Waals surface area (Å²) in [6.45, 7) is 7.70. The zero-order chi connectivity index (χ0) is 28.8. The van der Waals surface area contributed by atoms with Crippen LogP contribution in [0.25, 0.3) is 5.76 Å². The van der Waals surface area contributed by atoms with Gasteiger partial charge in [0.2, 0.25) is 0 Å². The van der Waals surface area contributed by atoms with Crippen LogP contribution in [0.1, 0.15) is 43.0 Å². The average Bonchev–Trinajstić information content (AvgIpc) is 3.17. The molecule has 7 heteroatoms. The first-order chi connectivity index (χ1) is 19.2. The van der Waals surface area contributed by atoms with Crippen LogP contribution < -0.4 is 9.47 Å². The molecule has 1 heterocycles. The van der Waals surface area contributed by atoms with Gasteiger partial charge in [0, 0.05) is 12.1 Å². The Labute approximate surface area is 236 Å². The highest BCUT2D eigenvalue weighted by atomic mass is 16.5. The quantitative estimate of drug-likeness (QED) is 0.177. The van der Waals surface area contributed by atoms with Crippen molar-refractivity contribution in [3.05, 3.63) is 95.1 Å². The van der Waals surface area contributed by atoms with Crippen molar-refractivity contribution in [2.75, 3.05) is 33.8 Å². The summed E-state index contributed by atoms with van der Waals surface area (Å²) in [5.41, 5.74) is 2.00. The van der Waals surface area contributed by atoms with Crippen LogP contribution in [0.4, 0.5) is 0 Å². The van der Waals surface area contributed by atoms with Gasteiger partial charge in [-0.1, -0.05) is 44.2 Å². The van der Waals surface area contributed by atoms with Crippen molar-refractivity contribution in [1.29, 1.82) is 0 Å². The summed E-state index contributed by atoms with van der Waals surface area (Å²) in [5, 5.41) is 11.6. The van der Waals surface area contributed by atoms with E-state index in [4.69, 9.17) is 9.47 Å². The first-order valence-corrected chi connectivity index (χ1v) is 13.7. The summed E-state index contributed by atoms with van der Waals surface area (Å²) >= 11 is 0. The second kappa shape index (κ2) is 12.8. The van der Waals surface area contributed by atoms with Gasteiger partial charge in [0.1, 0.15) is 23.0 Å². The van der Waals surface area contributed by atoms with Gasteiger partial charge >= 0.3 is 0 Å². The number of ether oxygens (including phenoxy) is 2. The van der Waals surface area contributed by atoms with Crippen LogP contribution in [0.5, 0.6) is 17.2 Å². The number of aliphatic hydroxyl groups is 1. The molecule has 1 atom stereocenters. The Bertz CT molecular complexity index is 1380. The molecule has 210 valence electrons. The molecule has 1 saturated heterocycles. The normalized spacial score (nSPS) is 16.7. The number of carbonyl (C=O) groups excluding carboxylic acids is 2. The predicted molar refractivity (Wildman–Crippen MR) is 157 cm³/mol. The summed E-state index contributed by atoms with van der Waals surface area (Å²) < 4.78 is 11.9. The molecular formula is C33H38N2O5. The average molecular weight is 543 g/mol. The fraction of sp³-hybridized carbons (Fsp3) is 0.333. The molecule has 1 fully saturated rings. The Morgan fingerprint density at radius 3 is 2.35 bits per heavy atom. The smallest absolute Gasteiger partial charge is 0.295 e. The number of ketones is 1. The standard InChI is InChI=1S/C33H38N2O5/c1-22(2)21-39-26-15-16-28(23(3)19-26)31(36)29-30(35(33(38)32(29)37)18-10-17-34(4)5)24-11-9-14-27(20-24)40-25-12-7-6-8-13-25/h6-9,11-16,19-20,22,30,36H,10,17-18,21H2,1-5H3/b31-29+/t30-/m0/s1. The number of aryl methyl sites for hydroxylation is 1. The number of Topliss-reactive ketones (excluding diaryl/α,β-unsaturated/α-hetero) is 1. The van der Waals surface area contributed by atoms with Gasteiger partial charge in [-0.05, 0) is 93.5 Å². The van der Waals surface area contributed by atoms with Crippen molar-refractivity contribution in [2.24, 2.45) is 5.92 Å². The van der Waals surface area contributed by atoms with E-state index in [1.807, 2.05) is 86.6 Å². The van der Waals surface area contributed by atoms with Gasteiger partial charge < -0.3 is 24.4 Å². The van der Waals surface area contributed by atoms with Gasteiger partial charge in [0.05, 0.1) is 18.2 Å². The number of benzene rings is 3. The van der Waals surface area contributed by atoms with Gasteiger partial charge in [-0.3, -0.25) is 9.59 Å². The SMILES string of the molecule is Cc1cc(OCC(C)C)ccc1/C(O)=C1\C(=O)C(=O)N(CCCN(C)C)[C@H]1c1cccc(Oc2ccccc2)c1. The Balaban J connectivity index is 1.76. The van der Waals surface area contributed by atoms with E-state index in [0.29, 0.717) is 53.9 Å². The molecule has 0 unspecified atom stereocenters. The molecular weight excluding hydrogens is 504 g/mol. The molecule has 0 aromatic heterocycles. The van der Waals surface area contributed by atoms with Gasteiger partial charge in [-0.2, -0.15) is 0 Å². The number of aliphatic hydroxyl groups excluding tert-OH is 1. The number of para-hydroxylation sites is 1.